The van der Waals surface area contributed by atoms with Gasteiger partial charge in [-0.3, -0.25) is 0 Å². The summed E-state index contributed by atoms with van der Waals surface area (Å²) in [5.41, 5.74) is 0. The zero-order valence-corrected chi connectivity index (χ0v) is 12.0. The predicted molar refractivity (Wildman–Crippen MR) is 86.3 cm³/mol. The van der Waals surface area contributed by atoms with E-state index in [0.717, 1.165) is 24.2 Å². The molecule has 21 heavy (non-hydrogen) atoms. The zero-order valence-electron chi connectivity index (χ0n) is 12.0. The largest absolute Gasteiger partial charge is 0.405 e. The van der Waals surface area contributed by atoms with Gasteiger partial charge in [0.05, 0.1) is 0 Å². The van der Waals surface area contributed by atoms with Crippen LogP contribution in [0.4, 0.5) is 0 Å². The van der Waals surface area contributed by atoms with Gasteiger partial charge in [0.2, 0.25) is 0 Å². The summed E-state index contributed by atoms with van der Waals surface area (Å²) in [7, 11) is 0. The van der Waals surface area contributed by atoms with Crippen LogP contribution in [0.2, 0.25) is 0 Å². The average Bonchev–Trinajstić information content (AvgIpc) is 2.54. The summed E-state index contributed by atoms with van der Waals surface area (Å²) in [5.74, 6) is 0.819. The molecule has 0 unspecified atom stereocenters. The Kier molecular flexibility index (Phi) is 3.24. The summed E-state index contributed by atoms with van der Waals surface area (Å²) in [6.07, 6.45) is 3.75. The Morgan fingerprint density at radius 3 is 2.38 bits per heavy atom. The van der Waals surface area contributed by atoms with Crippen LogP contribution in [0.25, 0.3) is 21.5 Å². The number of nitrogens with zero attached hydrogens (tertiary/aromatic N) is 1. The van der Waals surface area contributed by atoms with Crippen LogP contribution in [0.5, 0.6) is 5.75 Å². The molecule has 0 saturated carbocycles. The van der Waals surface area contributed by atoms with Crippen molar-refractivity contribution in [2.24, 2.45) is 0 Å². The second-order valence-electron chi connectivity index (χ2n) is 5.69. The molecule has 0 spiro atoms. The van der Waals surface area contributed by atoms with Gasteiger partial charge in [-0.15, -0.1) is 5.06 Å². The summed E-state index contributed by atoms with van der Waals surface area (Å²) in [6.45, 7) is 2.03. The minimum atomic E-state index is 0.819. The van der Waals surface area contributed by atoms with Gasteiger partial charge < -0.3 is 4.84 Å². The zero-order chi connectivity index (χ0) is 14.1. The fraction of sp³-hybridized carbons (Fsp3) is 0.263. The van der Waals surface area contributed by atoms with E-state index < -0.39 is 0 Å². The number of hydrogen-bond donors (Lipinski definition) is 0. The fourth-order valence-corrected chi connectivity index (χ4v) is 2.99. The molecule has 0 aliphatic carbocycles. The summed E-state index contributed by atoms with van der Waals surface area (Å²) >= 11 is 0. The van der Waals surface area contributed by atoms with Crippen molar-refractivity contribution in [3.63, 3.8) is 0 Å². The van der Waals surface area contributed by atoms with Crippen molar-refractivity contribution in [2.45, 2.75) is 19.3 Å². The van der Waals surface area contributed by atoms with Crippen LogP contribution in [0, 0.1) is 6.07 Å². The Bertz CT molecular complexity index is 775. The Labute approximate surface area is 124 Å². The molecule has 0 amide bonds. The lowest BCUT2D eigenvalue weighted by atomic mass is 10.0. The fourth-order valence-electron chi connectivity index (χ4n) is 2.99. The number of rotatable bonds is 2. The third kappa shape index (κ3) is 2.59. The first kappa shape index (κ1) is 12.7. The molecule has 0 N–H and O–H groups in total. The quantitative estimate of drug-likeness (QED) is 0.636. The average molecular weight is 276 g/mol. The molecule has 1 aliphatic heterocycles. The smallest absolute Gasteiger partial charge is 0.156 e. The Morgan fingerprint density at radius 2 is 1.57 bits per heavy atom. The van der Waals surface area contributed by atoms with Crippen LogP contribution in [-0.2, 0) is 0 Å². The van der Waals surface area contributed by atoms with Crippen molar-refractivity contribution in [3.8, 4) is 5.75 Å². The maximum Gasteiger partial charge on any atom is 0.156 e. The van der Waals surface area contributed by atoms with Crippen molar-refractivity contribution in [3.05, 3.63) is 54.6 Å². The van der Waals surface area contributed by atoms with Gasteiger partial charge in [-0.2, -0.15) is 0 Å². The summed E-state index contributed by atoms with van der Waals surface area (Å²) in [6, 6.07) is 20.4. The van der Waals surface area contributed by atoms with E-state index in [2.05, 4.69) is 53.6 Å². The van der Waals surface area contributed by atoms with E-state index in [9.17, 15) is 0 Å². The molecule has 3 aromatic carbocycles. The first-order chi connectivity index (χ1) is 10.4. The third-order valence-electron chi connectivity index (χ3n) is 4.13. The number of benzene rings is 3. The third-order valence-corrected chi connectivity index (χ3v) is 4.13. The topological polar surface area (TPSA) is 12.5 Å². The number of fused-ring (bicyclic) bond motifs is 2. The molecule has 1 heterocycles. The first-order valence-electron chi connectivity index (χ1n) is 7.66. The summed E-state index contributed by atoms with van der Waals surface area (Å²) < 4.78 is 0. The van der Waals surface area contributed by atoms with Gasteiger partial charge in [0, 0.05) is 19.2 Å². The van der Waals surface area contributed by atoms with Gasteiger partial charge in [-0.05, 0) is 52.6 Å². The maximum atomic E-state index is 5.95. The molecule has 0 atom stereocenters. The molecule has 2 heteroatoms. The van der Waals surface area contributed by atoms with Crippen molar-refractivity contribution >= 4 is 21.5 Å². The minimum Gasteiger partial charge on any atom is -0.405 e. The van der Waals surface area contributed by atoms with Gasteiger partial charge in [-0.25, -0.2) is 0 Å². The normalized spacial score (nSPS) is 16.4. The highest BCUT2D eigenvalue weighted by atomic mass is 16.7. The number of hydroxylamine groups is 2. The Morgan fingerprint density at radius 1 is 0.810 bits per heavy atom. The second-order valence-corrected chi connectivity index (χ2v) is 5.69. The van der Waals surface area contributed by atoms with E-state index in [4.69, 9.17) is 4.84 Å². The molecule has 1 saturated heterocycles. The monoisotopic (exact) mass is 276 g/mol. The van der Waals surface area contributed by atoms with Gasteiger partial charge in [-0.1, -0.05) is 36.8 Å². The van der Waals surface area contributed by atoms with E-state index in [1.807, 2.05) is 6.07 Å². The van der Waals surface area contributed by atoms with Crippen LogP contribution in [-0.4, -0.2) is 18.2 Å². The van der Waals surface area contributed by atoms with Gasteiger partial charge >= 0.3 is 0 Å². The van der Waals surface area contributed by atoms with Gasteiger partial charge in [0.15, 0.2) is 5.75 Å². The molecular weight excluding hydrogens is 258 g/mol. The maximum absolute atomic E-state index is 5.95. The highest BCUT2D eigenvalue weighted by Crippen LogP contribution is 2.26. The van der Waals surface area contributed by atoms with E-state index >= 15 is 0 Å². The van der Waals surface area contributed by atoms with Gasteiger partial charge in [0.1, 0.15) is 0 Å². The van der Waals surface area contributed by atoms with Crippen LogP contribution >= 0.6 is 0 Å². The number of piperidine rings is 1. The Balaban J connectivity index is 1.69. The van der Waals surface area contributed by atoms with E-state index in [1.54, 1.807) is 0 Å². The summed E-state index contributed by atoms with van der Waals surface area (Å²) in [5, 5.41) is 6.89. The highest BCUT2D eigenvalue weighted by molar-refractivity contribution is 5.98. The van der Waals surface area contributed by atoms with Crippen molar-refractivity contribution in [1.82, 2.24) is 5.06 Å². The molecule has 3 aromatic rings. The molecule has 105 valence electrons. The molecule has 1 fully saturated rings. The molecule has 1 aliphatic rings. The molecule has 0 bridgehead atoms. The lowest BCUT2D eigenvalue weighted by Gasteiger charge is -2.26. The summed E-state index contributed by atoms with van der Waals surface area (Å²) in [4.78, 5) is 5.95. The minimum absolute atomic E-state index is 0.819. The predicted octanol–water partition coefficient (Wildman–Crippen LogP) is 4.57. The van der Waals surface area contributed by atoms with E-state index in [0.29, 0.717) is 0 Å². The lowest BCUT2D eigenvalue weighted by molar-refractivity contribution is -0.0721. The van der Waals surface area contributed by atoms with Crippen molar-refractivity contribution in [1.29, 1.82) is 0 Å². The van der Waals surface area contributed by atoms with Crippen molar-refractivity contribution < 1.29 is 4.84 Å². The standard InChI is InChI=1S/C19H18NO/c1-4-10-20(11-5-1)21-19-9-8-17-12-15-6-2-3-7-16(15)13-18(17)14-19/h2-3,6-9,12-13H,1,4-5,10-11H2. The second kappa shape index (κ2) is 5.38. The molecule has 0 aromatic heterocycles. The van der Waals surface area contributed by atoms with Gasteiger partial charge in [0.25, 0.3) is 0 Å². The highest BCUT2D eigenvalue weighted by Gasteiger charge is 2.12. The molecule has 4 rings (SSSR count). The molecular formula is C19H18NO. The SMILES string of the molecule is [c]1c(ON2CCCCC2)ccc2cc3ccccc3cc12. The Hall–Kier alpha value is -2.06. The van der Waals surface area contributed by atoms with Crippen LogP contribution in [0.3, 0.4) is 0 Å². The van der Waals surface area contributed by atoms with E-state index in [-0.39, 0.29) is 0 Å². The van der Waals surface area contributed by atoms with E-state index in [1.165, 1.54) is 35.4 Å². The van der Waals surface area contributed by atoms with Crippen LogP contribution in [0.1, 0.15) is 19.3 Å². The van der Waals surface area contributed by atoms with Crippen LogP contribution < -0.4 is 4.84 Å². The van der Waals surface area contributed by atoms with Crippen molar-refractivity contribution in [2.75, 3.05) is 13.1 Å². The van der Waals surface area contributed by atoms with Crippen LogP contribution in [0.15, 0.2) is 48.5 Å². The first-order valence-corrected chi connectivity index (χ1v) is 7.66. The molecule has 1 radical (unpaired) electrons. The number of hydrogen-bond acceptors (Lipinski definition) is 2. The molecule has 2 nitrogen and oxygen atoms in total. The lowest BCUT2D eigenvalue weighted by Crippen LogP contribution is -2.32.